The lowest BCUT2D eigenvalue weighted by Crippen LogP contribution is -2.33. The second kappa shape index (κ2) is 11.6. The van der Waals surface area contributed by atoms with Gasteiger partial charge in [-0.15, -0.1) is 5.06 Å². The highest BCUT2D eigenvalue weighted by atomic mass is 35.5. The highest BCUT2D eigenvalue weighted by Gasteiger charge is 2.54. The van der Waals surface area contributed by atoms with E-state index in [2.05, 4.69) is 4.84 Å². The van der Waals surface area contributed by atoms with Crippen molar-refractivity contribution in [2.45, 2.75) is 39.2 Å². The minimum absolute atomic E-state index is 0.0771. The van der Waals surface area contributed by atoms with E-state index in [1.54, 1.807) is 24.3 Å². The fourth-order valence-corrected chi connectivity index (χ4v) is 5.33. The van der Waals surface area contributed by atoms with Crippen LogP contribution in [0.25, 0.3) is 0 Å². The number of amides is 2. The molecule has 1 spiro atoms. The fourth-order valence-electron chi connectivity index (χ4n) is 4.92. The van der Waals surface area contributed by atoms with E-state index in [-0.39, 0.29) is 45.9 Å². The summed E-state index contributed by atoms with van der Waals surface area (Å²) in [5.74, 6) is -2.60. The molecule has 226 valence electrons. The summed E-state index contributed by atoms with van der Waals surface area (Å²) >= 11 is 12.8. The summed E-state index contributed by atoms with van der Waals surface area (Å²) in [5, 5.41) is 0.763. The molecule has 0 atom stereocenters. The molecule has 3 aliphatic heterocycles. The number of hydrogen-bond donors (Lipinski definition) is 0. The molecular weight excluding hydrogens is 621 g/mol. The Morgan fingerprint density at radius 2 is 1.25 bits per heavy atom. The fraction of sp³-hybridized carbons (Fsp3) is 0.200. The molecule has 14 heteroatoms. The van der Waals surface area contributed by atoms with Gasteiger partial charge in [0.2, 0.25) is 0 Å². The first-order chi connectivity index (χ1) is 20.8. The van der Waals surface area contributed by atoms with Crippen molar-refractivity contribution in [1.29, 1.82) is 0 Å². The summed E-state index contributed by atoms with van der Waals surface area (Å²) < 4.78 is 22.5. The molecule has 0 saturated carbocycles. The van der Waals surface area contributed by atoms with Gasteiger partial charge < -0.3 is 23.8 Å². The largest absolute Gasteiger partial charge is 0.456 e. The molecule has 44 heavy (non-hydrogen) atoms. The van der Waals surface area contributed by atoms with Crippen LogP contribution in [0.1, 0.15) is 60.7 Å². The number of ether oxygens (including phenoxy) is 4. The molecule has 3 aromatic carbocycles. The molecule has 3 heterocycles. The van der Waals surface area contributed by atoms with E-state index in [4.69, 9.17) is 42.1 Å². The number of nitrogens with zero attached hydrogens (tertiary/aromatic N) is 1. The summed E-state index contributed by atoms with van der Waals surface area (Å²) in [7, 11) is 0. The van der Waals surface area contributed by atoms with E-state index >= 15 is 0 Å². The van der Waals surface area contributed by atoms with Gasteiger partial charge in [0, 0.05) is 62.4 Å². The van der Waals surface area contributed by atoms with E-state index in [0.717, 1.165) is 6.92 Å². The van der Waals surface area contributed by atoms with Crippen molar-refractivity contribution < 1.29 is 52.6 Å². The normalized spacial score (nSPS) is 15.2. The summed E-state index contributed by atoms with van der Waals surface area (Å²) in [6.07, 6.45) is 0.262. The first-order valence-corrected chi connectivity index (χ1v) is 13.7. The topological polar surface area (TPSA) is 152 Å². The number of rotatable bonds is 3. The van der Waals surface area contributed by atoms with Gasteiger partial charge in [0.15, 0.2) is 17.1 Å². The summed E-state index contributed by atoms with van der Waals surface area (Å²) in [6.45, 7) is 3.63. The van der Waals surface area contributed by atoms with Crippen LogP contribution >= 0.6 is 23.2 Å². The Kier molecular flexibility index (Phi) is 8.06. The van der Waals surface area contributed by atoms with Crippen molar-refractivity contribution in [3.8, 4) is 23.0 Å². The summed E-state index contributed by atoms with van der Waals surface area (Å²) in [5.41, 5.74) is 0.342. The van der Waals surface area contributed by atoms with Crippen LogP contribution in [0, 0.1) is 0 Å². The van der Waals surface area contributed by atoms with E-state index in [1.165, 1.54) is 38.1 Å². The molecule has 12 nitrogen and oxygen atoms in total. The second-order valence-corrected chi connectivity index (χ2v) is 10.4. The van der Waals surface area contributed by atoms with Gasteiger partial charge in [-0.2, -0.15) is 0 Å². The molecular formula is C30H21Cl2NO11. The standard InChI is InChI=1S/C24H14Cl2O7.C6H7NO4/c1-11(27)30-21-9-19-15(7-17(21)25)24(14-6-4-3-5-13(14)23(29)33-24)16-8-18(26)22(31-12(2)28)10-20(16)32-19;1-4(8)11-7-5(9)2-3-6(7)10/h3-10H,1-2H3;2-3H2,1H3. The Morgan fingerprint density at radius 3 is 1.73 bits per heavy atom. The number of benzene rings is 3. The smallest absolute Gasteiger partial charge is 0.340 e. The molecule has 3 aromatic rings. The molecule has 1 fully saturated rings. The predicted molar refractivity (Wildman–Crippen MR) is 150 cm³/mol. The zero-order valence-corrected chi connectivity index (χ0v) is 24.7. The predicted octanol–water partition coefficient (Wildman–Crippen LogP) is 5.03. The first kappa shape index (κ1) is 30.5. The molecule has 0 unspecified atom stereocenters. The van der Waals surface area contributed by atoms with Crippen molar-refractivity contribution >= 4 is 58.9 Å². The van der Waals surface area contributed by atoms with Gasteiger partial charge in [-0.05, 0) is 18.2 Å². The minimum atomic E-state index is -1.44. The van der Waals surface area contributed by atoms with Gasteiger partial charge >= 0.3 is 23.9 Å². The average Bonchev–Trinajstić information content (AvgIpc) is 3.42. The van der Waals surface area contributed by atoms with Crippen LogP contribution in [0.15, 0.2) is 48.5 Å². The third-order valence-electron chi connectivity index (χ3n) is 6.55. The molecule has 3 aliphatic rings. The molecule has 0 radical (unpaired) electrons. The van der Waals surface area contributed by atoms with E-state index in [0.29, 0.717) is 27.3 Å². The van der Waals surface area contributed by atoms with Crippen LogP contribution < -0.4 is 14.2 Å². The lowest BCUT2D eigenvalue weighted by Gasteiger charge is -2.37. The highest BCUT2D eigenvalue weighted by Crippen LogP contribution is 2.58. The van der Waals surface area contributed by atoms with Crippen LogP contribution in [-0.4, -0.2) is 40.8 Å². The van der Waals surface area contributed by atoms with Crippen LogP contribution in [0.5, 0.6) is 23.0 Å². The molecule has 0 aromatic heterocycles. The SMILES string of the molecule is CC(=O)ON1C(=O)CCC1=O.CC(=O)Oc1cc2c(cc1Cl)C1(OC(=O)c3ccccc31)c1cc(Cl)c(OC(C)=O)cc1O2. The highest BCUT2D eigenvalue weighted by molar-refractivity contribution is 6.33. The summed E-state index contributed by atoms with van der Waals surface area (Å²) in [6, 6.07) is 12.9. The van der Waals surface area contributed by atoms with Gasteiger partial charge in [-0.25, -0.2) is 9.59 Å². The third-order valence-corrected chi connectivity index (χ3v) is 7.14. The zero-order valence-electron chi connectivity index (χ0n) is 23.2. The van der Waals surface area contributed by atoms with Crippen molar-refractivity contribution in [3.63, 3.8) is 0 Å². The quantitative estimate of drug-likeness (QED) is 0.215. The molecule has 1 saturated heterocycles. The Bertz CT molecular complexity index is 1700. The Hall–Kier alpha value is -4.94. The molecule has 0 N–H and O–H groups in total. The van der Waals surface area contributed by atoms with Crippen LogP contribution in [0.2, 0.25) is 10.0 Å². The Balaban J connectivity index is 0.000000296. The summed E-state index contributed by atoms with van der Waals surface area (Å²) in [4.78, 5) is 72.1. The molecule has 2 amide bonds. The number of halogens is 2. The van der Waals surface area contributed by atoms with Gasteiger partial charge in [-0.3, -0.25) is 19.2 Å². The van der Waals surface area contributed by atoms with E-state index < -0.39 is 41.3 Å². The maximum Gasteiger partial charge on any atom is 0.340 e. The van der Waals surface area contributed by atoms with Gasteiger partial charge in [-0.1, -0.05) is 41.4 Å². The monoisotopic (exact) mass is 641 g/mol. The molecule has 0 aliphatic carbocycles. The number of carbonyl (C=O) groups is 6. The first-order valence-electron chi connectivity index (χ1n) is 12.9. The van der Waals surface area contributed by atoms with Gasteiger partial charge in [0.1, 0.15) is 11.5 Å². The van der Waals surface area contributed by atoms with E-state index in [1.807, 2.05) is 0 Å². The maximum absolute atomic E-state index is 12.9. The lowest BCUT2D eigenvalue weighted by atomic mass is 9.77. The second-order valence-electron chi connectivity index (χ2n) is 9.63. The maximum atomic E-state index is 12.9. The van der Waals surface area contributed by atoms with Crippen molar-refractivity contribution in [2.24, 2.45) is 0 Å². The number of fused-ring (bicyclic) bond motifs is 6. The van der Waals surface area contributed by atoms with Crippen molar-refractivity contribution in [2.75, 3.05) is 0 Å². The zero-order chi connectivity index (χ0) is 31.9. The van der Waals surface area contributed by atoms with Crippen LogP contribution in [0.3, 0.4) is 0 Å². The van der Waals surface area contributed by atoms with Crippen molar-refractivity contribution in [1.82, 2.24) is 5.06 Å². The number of hydroxylamine groups is 2. The Labute approximate surface area is 259 Å². The van der Waals surface area contributed by atoms with Gasteiger partial charge in [0.25, 0.3) is 11.8 Å². The van der Waals surface area contributed by atoms with Gasteiger partial charge in [0.05, 0.1) is 15.6 Å². The number of carbonyl (C=O) groups excluding carboxylic acids is 6. The van der Waals surface area contributed by atoms with Crippen LogP contribution in [0.4, 0.5) is 0 Å². The Morgan fingerprint density at radius 1 is 0.750 bits per heavy atom. The number of hydrogen-bond acceptors (Lipinski definition) is 11. The minimum Gasteiger partial charge on any atom is -0.456 e. The third kappa shape index (κ3) is 5.45. The number of imide groups is 1. The average molecular weight is 642 g/mol. The van der Waals surface area contributed by atoms with E-state index in [9.17, 15) is 28.8 Å². The van der Waals surface area contributed by atoms with Crippen molar-refractivity contribution in [3.05, 3.63) is 80.8 Å². The van der Waals surface area contributed by atoms with Crippen LogP contribution in [-0.2, 0) is 39.1 Å². The lowest BCUT2D eigenvalue weighted by molar-refractivity contribution is -0.195. The number of esters is 3. The molecule has 0 bridgehead atoms. The molecule has 6 rings (SSSR count).